The Labute approximate surface area is 118 Å². The number of nitrogens with one attached hydrogen (secondary N) is 1. The zero-order valence-corrected chi connectivity index (χ0v) is 11.7. The van der Waals surface area contributed by atoms with Gasteiger partial charge in [-0.3, -0.25) is 9.59 Å². The lowest BCUT2D eigenvalue weighted by atomic mass is 10.0. The van der Waals surface area contributed by atoms with Crippen LogP contribution in [0.4, 0.5) is 0 Å². The number of likely N-dealkylation sites (N-methyl/N-ethyl adjacent to an activating group) is 1. The van der Waals surface area contributed by atoms with E-state index in [1.807, 2.05) is 0 Å². The monoisotopic (exact) mass is 276 g/mol. The Morgan fingerprint density at radius 3 is 3.00 bits per heavy atom. The van der Waals surface area contributed by atoms with Crippen LogP contribution in [0.2, 0.25) is 0 Å². The van der Waals surface area contributed by atoms with Gasteiger partial charge in [0.25, 0.3) is 0 Å². The Bertz CT molecular complexity index is 479. The number of amides is 2. The van der Waals surface area contributed by atoms with Crippen LogP contribution < -0.4 is 5.32 Å². The number of carbonyl (C=O) groups is 2. The fraction of sp³-hybridized carbons (Fsp3) is 0.467. The van der Waals surface area contributed by atoms with Crippen LogP contribution in [0.5, 0.6) is 0 Å². The molecule has 0 bridgehead atoms. The Morgan fingerprint density at radius 2 is 2.35 bits per heavy atom. The molecule has 1 aromatic rings. The molecule has 20 heavy (non-hydrogen) atoms. The molecule has 1 aliphatic carbocycles. The third kappa shape index (κ3) is 4.26. The summed E-state index contributed by atoms with van der Waals surface area (Å²) in [4.78, 5) is 25.2. The van der Waals surface area contributed by atoms with Crippen molar-refractivity contribution >= 4 is 11.8 Å². The maximum Gasteiger partial charge on any atom is 0.239 e. The highest BCUT2D eigenvalue weighted by Crippen LogP contribution is 2.20. The fourth-order valence-electron chi connectivity index (χ4n) is 2.20. The van der Waals surface area contributed by atoms with E-state index < -0.39 is 0 Å². The van der Waals surface area contributed by atoms with Crippen LogP contribution in [0.25, 0.3) is 0 Å². The van der Waals surface area contributed by atoms with E-state index >= 15 is 0 Å². The van der Waals surface area contributed by atoms with Crippen LogP contribution in [0.1, 0.15) is 25.0 Å². The zero-order chi connectivity index (χ0) is 14.4. The first kappa shape index (κ1) is 14.4. The lowest BCUT2D eigenvalue weighted by Gasteiger charge is -2.18. The quantitative estimate of drug-likeness (QED) is 0.805. The molecular weight excluding hydrogens is 256 g/mol. The van der Waals surface area contributed by atoms with Gasteiger partial charge in [-0.15, -0.1) is 0 Å². The number of nitrogens with zero attached hydrogens (tertiary/aromatic N) is 1. The zero-order valence-electron chi connectivity index (χ0n) is 11.7. The average Bonchev–Trinajstić information content (AvgIpc) is 3.09. The van der Waals surface area contributed by atoms with E-state index in [-0.39, 0.29) is 18.4 Å². The lowest BCUT2D eigenvalue weighted by molar-refractivity contribution is -0.135. The maximum absolute atomic E-state index is 12.0. The topological polar surface area (TPSA) is 62.6 Å². The summed E-state index contributed by atoms with van der Waals surface area (Å²) in [6.45, 7) is 0.426. The first-order valence-electron chi connectivity index (χ1n) is 6.85. The molecule has 1 aliphatic rings. The molecule has 1 atom stereocenters. The summed E-state index contributed by atoms with van der Waals surface area (Å²) in [5.74, 6) is 0.855. The number of allylic oxidation sites excluding steroid dienone is 2. The predicted octanol–water partition coefficient (Wildman–Crippen LogP) is 1.71. The fourth-order valence-corrected chi connectivity index (χ4v) is 2.20. The molecule has 0 spiro atoms. The van der Waals surface area contributed by atoms with Gasteiger partial charge in [-0.05, 0) is 30.9 Å². The molecule has 2 amide bonds. The second kappa shape index (κ2) is 6.93. The van der Waals surface area contributed by atoms with Gasteiger partial charge in [0.05, 0.1) is 19.4 Å². The summed E-state index contributed by atoms with van der Waals surface area (Å²) in [5, 5.41) is 2.72. The first-order valence-corrected chi connectivity index (χ1v) is 6.85. The third-order valence-corrected chi connectivity index (χ3v) is 3.40. The van der Waals surface area contributed by atoms with E-state index in [9.17, 15) is 9.59 Å². The molecule has 5 nitrogen and oxygen atoms in total. The van der Waals surface area contributed by atoms with E-state index in [0.717, 1.165) is 12.8 Å². The Morgan fingerprint density at radius 1 is 1.50 bits per heavy atom. The molecule has 0 unspecified atom stereocenters. The minimum absolute atomic E-state index is 0.00898. The number of hydrogen-bond acceptors (Lipinski definition) is 3. The highest BCUT2D eigenvalue weighted by atomic mass is 16.3. The van der Waals surface area contributed by atoms with Gasteiger partial charge < -0.3 is 14.6 Å². The van der Waals surface area contributed by atoms with Crippen LogP contribution in [0, 0.1) is 5.92 Å². The number of rotatable bonds is 6. The van der Waals surface area contributed by atoms with Crippen molar-refractivity contribution in [3.8, 4) is 0 Å². The van der Waals surface area contributed by atoms with Crippen LogP contribution in [-0.2, 0) is 16.1 Å². The Balaban J connectivity index is 1.69. The van der Waals surface area contributed by atoms with Crippen LogP contribution >= 0.6 is 0 Å². The van der Waals surface area contributed by atoms with E-state index in [1.54, 1.807) is 25.4 Å². The van der Waals surface area contributed by atoms with Crippen LogP contribution in [0.3, 0.4) is 0 Å². The van der Waals surface area contributed by atoms with Crippen molar-refractivity contribution in [3.05, 3.63) is 36.3 Å². The summed E-state index contributed by atoms with van der Waals surface area (Å²) < 4.78 is 5.12. The molecule has 0 saturated carbocycles. The minimum atomic E-state index is -0.181. The second-order valence-corrected chi connectivity index (χ2v) is 5.08. The summed E-state index contributed by atoms with van der Waals surface area (Å²) in [6, 6.07) is 3.56. The molecule has 108 valence electrons. The van der Waals surface area contributed by atoms with E-state index in [4.69, 9.17) is 4.42 Å². The molecule has 2 rings (SSSR count). The highest BCUT2D eigenvalue weighted by Gasteiger charge is 2.18. The normalized spacial score (nSPS) is 17.1. The summed E-state index contributed by atoms with van der Waals surface area (Å²) in [7, 11) is 1.66. The number of hydrogen-bond donors (Lipinski definition) is 1. The van der Waals surface area contributed by atoms with Crippen molar-refractivity contribution in [1.82, 2.24) is 10.2 Å². The standard InChI is InChI=1S/C15H20N2O3/c1-17(15(19)9-12-5-2-3-6-12)11-14(18)16-10-13-7-4-8-20-13/h2,4-5,7-8,12H,3,6,9-11H2,1H3,(H,16,18)/t12-/m1/s1. The molecule has 0 aromatic carbocycles. The molecule has 1 N–H and O–H groups in total. The average molecular weight is 276 g/mol. The van der Waals surface area contributed by atoms with Gasteiger partial charge in [-0.2, -0.15) is 0 Å². The van der Waals surface area contributed by atoms with Crippen molar-refractivity contribution in [3.63, 3.8) is 0 Å². The maximum atomic E-state index is 12.0. The van der Waals surface area contributed by atoms with Gasteiger partial charge in [-0.1, -0.05) is 12.2 Å². The molecule has 0 saturated heterocycles. The second-order valence-electron chi connectivity index (χ2n) is 5.08. The first-order chi connectivity index (χ1) is 9.65. The van der Waals surface area contributed by atoms with Crippen LogP contribution in [0.15, 0.2) is 35.0 Å². The van der Waals surface area contributed by atoms with Crippen molar-refractivity contribution in [1.29, 1.82) is 0 Å². The molecular formula is C15H20N2O3. The predicted molar refractivity (Wildman–Crippen MR) is 74.7 cm³/mol. The van der Waals surface area contributed by atoms with Crippen molar-refractivity contribution in [2.45, 2.75) is 25.8 Å². The van der Waals surface area contributed by atoms with E-state index in [2.05, 4.69) is 17.5 Å². The van der Waals surface area contributed by atoms with Crippen molar-refractivity contribution < 1.29 is 14.0 Å². The largest absolute Gasteiger partial charge is 0.467 e. The SMILES string of the molecule is CN(CC(=O)NCc1ccco1)C(=O)C[C@@H]1C=CCC1. The van der Waals surface area contributed by atoms with Gasteiger partial charge >= 0.3 is 0 Å². The molecule has 5 heteroatoms. The number of carbonyl (C=O) groups excluding carboxylic acids is 2. The third-order valence-electron chi connectivity index (χ3n) is 3.40. The Hall–Kier alpha value is -2.04. The van der Waals surface area contributed by atoms with Crippen molar-refractivity contribution in [2.75, 3.05) is 13.6 Å². The van der Waals surface area contributed by atoms with Gasteiger partial charge in [-0.25, -0.2) is 0 Å². The van der Waals surface area contributed by atoms with E-state index in [0.29, 0.717) is 24.6 Å². The summed E-state index contributed by atoms with van der Waals surface area (Å²) in [5.41, 5.74) is 0. The van der Waals surface area contributed by atoms with Gasteiger partial charge in [0, 0.05) is 13.5 Å². The lowest BCUT2D eigenvalue weighted by Crippen LogP contribution is -2.38. The molecule has 1 aromatic heterocycles. The minimum Gasteiger partial charge on any atom is -0.467 e. The van der Waals surface area contributed by atoms with Gasteiger partial charge in [0.1, 0.15) is 5.76 Å². The summed E-state index contributed by atoms with van der Waals surface area (Å²) >= 11 is 0. The summed E-state index contributed by atoms with van der Waals surface area (Å²) in [6.07, 6.45) is 8.32. The highest BCUT2D eigenvalue weighted by molar-refractivity contribution is 5.84. The van der Waals surface area contributed by atoms with Gasteiger partial charge in [0.15, 0.2) is 0 Å². The molecule has 0 aliphatic heterocycles. The number of furan rings is 1. The van der Waals surface area contributed by atoms with Gasteiger partial charge in [0.2, 0.25) is 11.8 Å². The Kier molecular flexibility index (Phi) is 4.98. The smallest absolute Gasteiger partial charge is 0.239 e. The molecule has 0 radical (unpaired) electrons. The van der Waals surface area contributed by atoms with E-state index in [1.165, 1.54) is 4.90 Å². The van der Waals surface area contributed by atoms with Crippen LogP contribution in [-0.4, -0.2) is 30.3 Å². The molecule has 1 heterocycles. The van der Waals surface area contributed by atoms with Crippen molar-refractivity contribution in [2.24, 2.45) is 5.92 Å². The molecule has 0 fully saturated rings.